The number of rotatable bonds is 10. The third-order valence-corrected chi connectivity index (χ3v) is 5.85. The Hall–Kier alpha value is -3.10. The lowest BCUT2D eigenvalue weighted by atomic mass is 9.88. The molecule has 1 fully saturated rings. The second kappa shape index (κ2) is 12.6. The maximum Gasteiger partial charge on any atom is 0.408 e. The van der Waals surface area contributed by atoms with E-state index in [4.69, 9.17) is 9.47 Å². The maximum absolute atomic E-state index is 13.4. The summed E-state index contributed by atoms with van der Waals surface area (Å²) in [6.45, 7) is 11.0. The number of hydrogen-bond acceptors (Lipinski definition) is 6. The molecular weight excluding hydrogens is 450 g/mol. The number of benzene rings is 1. The van der Waals surface area contributed by atoms with Crippen molar-refractivity contribution in [3.63, 3.8) is 0 Å². The van der Waals surface area contributed by atoms with Gasteiger partial charge in [0.25, 0.3) is 0 Å². The molecule has 35 heavy (non-hydrogen) atoms. The molecule has 1 atom stereocenters. The monoisotopic (exact) mass is 489 g/mol. The minimum Gasteiger partial charge on any atom is -0.466 e. The highest BCUT2D eigenvalue weighted by molar-refractivity contribution is 5.91. The molecule has 3 amide bonds. The number of alkyl carbamates (subject to hydrolysis) is 1. The van der Waals surface area contributed by atoms with Crippen molar-refractivity contribution >= 4 is 23.9 Å². The third-order valence-electron chi connectivity index (χ3n) is 5.85. The molecule has 194 valence electrons. The van der Waals surface area contributed by atoms with Crippen molar-refractivity contribution in [2.75, 3.05) is 19.7 Å². The lowest BCUT2D eigenvalue weighted by Gasteiger charge is -2.42. The van der Waals surface area contributed by atoms with Crippen molar-refractivity contribution in [1.29, 1.82) is 0 Å². The molecule has 0 spiro atoms. The van der Waals surface area contributed by atoms with Crippen LogP contribution in [0.15, 0.2) is 18.2 Å². The van der Waals surface area contributed by atoms with Crippen LogP contribution < -0.4 is 10.6 Å². The first kappa shape index (κ1) is 28.1. The Morgan fingerprint density at radius 1 is 1.09 bits per heavy atom. The molecule has 0 saturated heterocycles. The van der Waals surface area contributed by atoms with Gasteiger partial charge in [-0.25, -0.2) is 4.79 Å². The van der Waals surface area contributed by atoms with Gasteiger partial charge in [-0.3, -0.25) is 14.4 Å². The second-order valence-electron chi connectivity index (χ2n) is 9.83. The molecule has 0 radical (unpaired) electrons. The fourth-order valence-corrected chi connectivity index (χ4v) is 3.77. The van der Waals surface area contributed by atoms with E-state index in [1.165, 1.54) is 0 Å². The Morgan fingerprint density at radius 2 is 1.77 bits per heavy atom. The summed E-state index contributed by atoms with van der Waals surface area (Å²) in [7, 11) is 0. The fraction of sp³-hybridized carbons (Fsp3) is 0.615. The molecule has 9 heteroatoms. The number of hydrogen-bond donors (Lipinski definition) is 2. The van der Waals surface area contributed by atoms with E-state index in [1.54, 1.807) is 32.6 Å². The first-order valence-corrected chi connectivity index (χ1v) is 12.2. The standard InChI is InChI=1S/C26H39N3O6/c1-7-34-22(31)13-14-27-24(32)23(19-12-11-17(2)18(3)15-19)29(20-9-8-10-20)21(30)16-28-25(33)35-26(4,5)6/h11-12,15,20,23H,7-10,13-14,16H2,1-6H3,(H,27,32)(H,28,33). The number of ether oxygens (including phenoxy) is 2. The van der Waals surface area contributed by atoms with Crippen molar-refractivity contribution < 1.29 is 28.7 Å². The SMILES string of the molecule is CCOC(=O)CCNC(=O)C(c1ccc(C)c(C)c1)N(C(=O)CNC(=O)OC(C)(C)C)C1CCC1. The molecule has 1 saturated carbocycles. The van der Waals surface area contributed by atoms with Crippen LogP contribution in [0, 0.1) is 13.8 Å². The first-order valence-electron chi connectivity index (χ1n) is 12.2. The highest BCUT2D eigenvalue weighted by atomic mass is 16.6. The molecule has 1 aliphatic carbocycles. The lowest BCUT2D eigenvalue weighted by Crippen LogP contribution is -2.54. The largest absolute Gasteiger partial charge is 0.466 e. The molecule has 1 aliphatic rings. The summed E-state index contributed by atoms with van der Waals surface area (Å²) in [5, 5.41) is 5.31. The summed E-state index contributed by atoms with van der Waals surface area (Å²) in [5.41, 5.74) is 2.06. The number of amides is 3. The summed E-state index contributed by atoms with van der Waals surface area (Å²) in [6.07, 6.45) is 1.85. The van der Waals surface area contributed by atoms with E-state index in [0.717, 1.165) is 30.4 Å². The molecule has 0 aliphatic heterocycles. The Labute approximate surface area is 207 Å². The van der Waals surface area contributed by atoms with Gasteiger partial charge >= 0.3 is 12.1 Å². The van der Waals surface area contributed by atoms with E-state index in [1.807, 2.05) is 32.0 Å². The van der Waals surface area contributed by atoms with Gasteiger partial charge < -0.3 is 25.0 Å². The maximum atomic E-state index is 13.4. The summed E-state index contributed by atoms with van der Waals surface area (Å²) in [4.78, 5) is 52.2. The number of nitrogens with one attached hydrogen (secondary N) is 2. The number of aryl methyl sites for hydroxylation is 2. The minimum atomic E-state index is -0.894. The lowest BCUT2D eigenvalue weighted by molar-refractivity contribution is -0.146. The predicted octanol–water partition coefficient (Wildman–Crippen LogP) is 3.32. The van der Waals surface area contributed by atoms with Crippen LogP contribution in [-0.2, 0) is 23.9 Å². The first-order chi connectivity index (χ1) is 16.4. The number of esters is 1. The second-order valence-corrected chi connectivity index (χ2v) is 9.83. The molecule has 9 nitrogen and oxygen atoms in total. The van der Waals surface area contributed by atoms with Gasteiger partial charge in [0.1, 0.15) is 18.2 Å². The van der Waals surface area contributed by atoms with E-state index < -0.39 is 23.7 Å². The third kappa shape index (κ3) is 8.56. The molecule has 0 aromatic heterocycles. The molecule has 0 heterocycles. The van der Waals surface area contributed by atoms with E-state index in [9.17, 15) is 19.2 Å². The van der Waals surface area contributed by atoms with Crippen molar-refractivity contribution in [3.05, 3.63) is 34.9 Å². The van der Waals surface area contributed by atoms with Gasteiger partial charge in [-0.1, -0.05) is 18.2 Å². The smallest absolute Gasteiger partial charge is 0.408 e. The Kier molecular flexibility index (Phi) is 10.1. The van der Waals surface area contributed by atoms with Crippen LogP contribution >= 0.6 is 0 Å². The normalized spacial score (nSPS) is 14.3. The molecule has 1 unspecified atom stereocenters. The van der Waals surface area contributed by atoms with E-state index in [0.29, 0.717) is 5.56 Å². The van der Waals surface area contributed by atoms with E-state index in [2.05, 4.69) is 10.6 Å². The van der Waals surface area contributed by atoms with Crippen molar-refractivity contribution in [1.82, 2.24) is 15.5 Å². The molecule has 1 aromatic rings. The topological polar surface area (TPSA) is 114 Å². The number of nitrogens with zero attached hydrogens (tertiary/aromatic N) is 1. The molecular formula is C26H39N3O6. The van der Waals surface area contributed by atoms with Crippen molar-refractivity contribution in [2.24, 2.45) is 0 Å². The Bertz CT molecular complexity index is 920. The van der Waals surface area contributed by atoms with Crippen LogP contribution in [-0.4, -0.2) is 60.1 Å². The highest BCUT2D eigenvalue weighted by Crippen LogP contribution is 2.33. The van der Waals surface area contributed by atoms with Crippen LogP contribution in [0.1, 0.15) is 76.1 Å². The van der Waals surface area contributed by atoms with Gasteiger partial charge in [0.2, 0.25) is 11.8 Å². The Balaban J connectivity index is 2.27. The number of carbonyl (C=O) groups excluding carboxylic acids is 4. The molecule has 2 N–H and O–H groups in total. The van der Waals surface area contributed by atoms with Crippen molar-refractivity contribution in [3.8, 4) is 0 Å². The summed E-state index contributed by atoms with van der Waals surface area (Å²) in [6, 6.07) is 4.66. The average molecular weight is 490 g/mol. The average Bonchev–Trinajstić information content (AvgIpc) is 2.71. The van der Waals surface area contributed by atoms with E-state index in [-0.39, 0.29) is 44.0 Å². The Morgan fingerprint density at radius 3 is 2.31 bits per heavy atom. The zero-order chi connectivity index (χ0) is 26.2. The van der Waals surface area contributed by atoms with Crippen LogP contribution in [0.4, 0.5) is 4.79 Å². The minimum absolute atomic E-state index is 0.0385. The van der Waals surface area contributed by atoms with E-state index >= 15 is 0 Å². The zero-order valence-electron chi connectivity index (χ0n) is 21.7. The fourth-order valence-electron chi connectivity index (χ4n) is 3.77. The van der Waals surface area contributed by atoms with Gasteiger partial charge in [-0.15, -0.1) is 0 Å². The molecule has 2 rings (SSSR count). The summed E-state index contributed by atoms with van der Waals surface area (Å²) >= 11 is 0. The highest BCUT2D eigenvalue weighted by Gasteiger charge is 2.39. The summed E-state index contributed by atoms with van der Waals surface area (Å²) < 4.78 is 10.2. The molecule has 0 bridgehead atoms. The van der Waals surface area contributed by atoms with Crippen LogP contribution in [0.25, 0.3) is 0 Å². The van der Waals surface area contributed by atoms with Gasteiger partial charge in [0.05, 0.1) is 13.0 Å². The van der Waals surface area contributed by atoms with Gasteiger partial charge in [0, 0.05) is 12.6 Å². The zero-order valence-corrected chi connectivity index (χ0v) is 21.7. The molecule has 1 aromatic carbocycles. The predicted molar refractivity (Wildman–Crippen MR) is 132 cm³/mol. The van der Waals surface area contributed by atoms with Crippen LogP contribution in [0.2, 0.25) is 0 Å². The van der Waals surface area contributed by atoms with Gasteiger partial charge in [0.15, 0.2) is 0 Å². The number of carbonyl (C=O) groups is 4. The quantitative estimate of drug-likeness (QED) is 0.488. The van der Waals surface area contributed by atoms with Crippen LogP contribution in [0.5, 0.6) is 0 Å². The van der Waals surface area contributed by atoms with Gasteiger partial charge in [-0.2, -0.15) is 0 Å². The van der Waals surface area contributed by atoms with Gasteiger partial charge in [-0.05, 0) is 77.5 Å². The van der Waals surface area contributed by atoms with Crippen LogP contribution in [0.3, 0.4) is 0 Å². The summed E-state index contributed by atoms with van der Waals surface area (Å²) in [5.74, 6) is -1.15. The van der Waals surface area contributed by atoms with Crippen molar-refractivity contribution in [2.45, 2.75) is 84.9 Å².